The van der Waals surface area contributed by atoms with Gasteiger partial charge in [-0.05, 0) is 57.6 Å². The number of nitrogens with zero attached hydrogens (tertiary/aromatic N) is 1. The van der Waals surface area contributed by atoms with Crippen LogP contribution in [0.25, 0.3) is 0 Å². The highest BCUT2D eigenvalue weighted by Crippen LogP contribution is 2.35. The van der Waals surface area contributed by atoms with Gasteiger partial charge in [-0.15, -0.1) is 0 Å². The van der Waals surface area contributed by atoms with E-state index in [9.17, 15) is 8.42 Å². The van der Waals surface area contributed by atoms with E-state index in [-0.39, 0.29) is 10.4 Å². The lowest BCUT2D eigenvalue weighted by molar-refractivity contribution is 0.0657. The molecule has 0 spiro atoms. The fourth-order valence-corrected chi connectivity index (χ4v) is 3.45. The first-order valence-corrected chi connectivity index (χ1v) is 7.87. The van der Waals surface area contributed by atoms with Crippen LogP contribution in [-0.2, 0) is 10.0 Å². The Labute approximate surface area is 114 Å². The molecular weight excluding hydrogens is 262 g/mol. The predicted octanol–water partition coefficient (Wildman–Crippen LogP) is 1.03. The number of nitrogens with two attached hydrogens (primary N) is 1. The van der Waals surface area contributed by atoms with E-state index in [1.54, 1.807) is 12.1 Å². The first-order valence-electron chi connectivity index (χ1n) is 6.38. The fraction of sp³-hybridized carbons (Fsp3) is 0.538. The van der Waals surface area contributed by atoms with Gasteiger partial charge in [0.05, 0.1) is 4.90 Å². The summed E-state index contributed by atoms with van der Waals surface area (Å²) in [5.74, 6) is 0. The highest BCUT2D eigenvalue weighted by atomic mass is 32.2. The van der Waals surface area contributed by atoms with E-state index >= 15 is 0 Å². The van der Waals surface area contributed by atoms with Gasteiger partial charge in [0.1, 0.15) is 0 Å². The minimum Gasteiger partial charge on any atom is -0.399 e. The van der Waals surface area contributed by atoms with Crippen LogP contribution in [0.2, 0.25) is 0 Å². The zero-order valence-electron chi connectivity index (χ0n) is 11.4. The fourth-order valence-electron chi connectivity index (χ4n) is 2.33. The van der Waals surface area contributed by atoms with E-state index in [0.29, 0.717) is 12.2 Å². The van der Waals surface area contributed by atoms with Crippen molar-refractivity contribution in [2.45, 2.75) is 29.7 Å². The lowest BCUT2D eigenvalue weighted by atomic mass is 9.76. The number of hydrogen-bond donors (Lipinski definition) is 2. The average molecular weight is 283 g/mol. The van der Waals surface area contributed by atoms with E-state index < -0.39 is 10.0 Å². The molecule has 0 aromatic heterocycles. The maximum atomic E-state index is 12.2. The van der Waals surface area contributed by atoms with Crippen molar-refractivity contribution in [2.24, 2.45) is 0 Å². The minimum atomic E-state index is -3.45. The van der Waals surface area contributed by atoms with Crippen molar-refractivity contribution in [1.29, 1.82) is 0 Å². The van der Waals surface area contributed by atoms with E-state index in [2.05, 4.69) is 9.62 Å². The summed E-state index contributed by atoms with van der Waals surface area (Å²) in [6.07, 6.45) is 3.22. The molecule has 1 aliphatic carbocycles. The normalized spacial score (nSPS) is 18.3. The van der Waals surface area contributed by atoms with Crippen LogP contribution in [-0.4, -0.2) is 39.5 Å². The van der Waals surface area contributed by atoms with Crippen LogP contribution in [0.4, 0.5) is 5.69 Å². The molecule has 106 valence electrons. The van der Waals surface area contributed by atoms with Gasteiger partial charge in [0.2, 0.25) is 10.0 Å². The van der Waals surface area contributed by atoms with Crippen molar-refractivity contribution in [2.75, 3.05) is 26.4 Å². The topological polar surface area (TPSA) is 75.4 Å². The second-order valence-electron chi connectivity index (χ2n) is 5.37. The molecule has 1 fully saturated rings. The quantitative estimate of drug-likeness (QED) is 0.792. The third kappa shape index (κ3) is 2.91. The highest BCUT2D eigenvalue weighted by molar-refractivity contribution is 7.89. The van der Waals surface area contributed by atoms with Crippen LogP contribution >= 0.6 is 0 Å². The Kier molecular flexibility index (Phi) is 3.85. The summed E-state index contributed by atoms with van der Waals surface area (Å²) in [7, 11) is 0.541. The summed E-state index contributed by atoms with van der Waals surface area (Å²) < 4.78 is 27.1. The maximum absolute atomic E-state index is 12.2. The molecule has 0 heterocycles. The van der Waals surface area contributed by atoms with Gasteiger partial charge in [-0.2, -0.15) is 0 Å². The Morgan fingerprint density at radius 3 is 2.26 bits per heavy atom. The summed E-state index contributed by atoms with van der Waals surface area (Å²) in [5, 5.41) is 0. The van der Waals surface area contributed by atoms with Crippen LogP contribution in [0.3, 0.4) is 0 Å². The number of likely N-dealkylation sites (N-methyl/N-ethyl adjacent to an activating group) is 1. The van der Waals surface area contributed by atoms with E-state index in [4.69, 9.17) is 5.73 Å². The summed E-state index contributed by atoms with van der Waals surface area (Å²) >= 11 is 0. The summed E-state index contributed by atoms with van der Waals surface area (Å²) in [6, 6.07) is 6.25. The van der Waals surface area contributed by atoms with Gasteiger partial charge in [-0.25, -0.2) is 13.1 Å². The standard InChI is InChI=1S/C13H21N3O2S/c1-16(2)13(8-3-9-13)10-15-19(17,18)12-6-4-11(14)5-7-12/h4-7,15H,3,8-10,14H2,1-2H3. The second-order valence-corrected chi connectivity index (χ2v) is 7.13. The highest BCUT2D eigenvalue weighted by Gasteiger charge is 2.39. The number of anilines is 1. The van der Waals surface area contributed by atoms with Gasteiger partial charge in [-0.1, -0.05) is 0 Å². The van der Waals surface area contributed by atoms with E-state index in [1.807, 2.05) is 14.1 Å². The van der Waals surface area contributed by atoms with Crippen molar-refractivity contribution < 1.29 is 8.42 Å². The van der Waals surface area contributed by atoms with Crippen LogP contribution < -0.4 is 10.5 Å². The van der Waals surface area contributed by atoms with Crippen molar-refractivity contribution in [3.63, 3.8) is 0 Å². The monoisotopic (exact) mass is 283 g/mol. The van der Waals surface area contributed by atoms with Gasteiger partial charge >= 0.3 is 0 Å². The third-order valence-electron chi connectivity index (χ3n) is 4.01. The molecule has 1 aromatic carbocycles. The Morgan fingerprint density at radius 2 is 1.84 bits per heavy atom. The van der Waals surface area contributed by atoms with E-state index in [1.165, 1.54) is 12.1 Å². The van der Waals surface area contributed by atoms with Crippen LogP contribution in [0.5, 0.6) is 0 Å². The second kappa shape index (κ2) is 5.11. The van der Waals surface area contributed by atoms with Gasteiger partial charge < -0.3 is 10.6 Å². The zero-order valence-corrected chi connectivity index (χ0v) is 12.2. The van der Waals surface area contributed by atoms with Gasteiger partial charge in [0.25, 0.3) is 0 Å². The molecule has 1 saturated carbocycles. The Morgan fingerprint density at radius 1 is 1.26 bits per heavy atom. The molecule has 1 aromatic rings. The molecule has 0 amide bonds. The van der Waals surface area contributed by atoms with Crippen LogP contribution in [0.15, 0.2) is 29.2 Å². The summed E-state index contributed by atoms with van der Waals surface area (Å²) in [4.78, 5) is 2.37. The number of hydrogen-bond acceptors (Lipinski definition) is 4. The molecule has 2 rings (SSSR count). The van der Waals surface area contributed by atoms with Gasteiger partial charge in [0.15, 0.2) is 0 Å². The molecule has 3 N–H and O–H groups in total. The zero-order chi connectivity index (χ0) is 14.1. The average Bonchev–Trinajstić information content (AvgIpc) is 2.27. The lowest BCUT2D eigenvalue weighted by Gasteiger charge is -2.47. The van der Waals surface area contributed by atoms with Gasteiger partial charge in [-0.3, -0.25) is 0 Å². The minimum absolute atomic E-state index is 0.0269. The smallest absolute Gasteiger partial charge is 0.240 e. The molecule has 0 aliphatic heterocycles. The number of rotatable bonds is 5. The van der Waals surface area contributed by atoms with Crippen molar-refractivity contribution in [3.05, 3.63) is 24.3 Å². The molecule has 0 radical (unpaired) electrons. The number of nitrogens with one attached hydrogen (secondary N) is 1. The molecular formula is C13H21N3O2S. The molecule has 0 unspecified atom stereocenters. The first kappa shape index (κ1) is 14.3. The molecule has 19 heavy (non-hydrogen) atoms. The summed E-state index contributed by atoms with van der Waals surface area (Å²) in [6.45, 7) is 0.451. The van der Waals surface area contributed by atoms with Crippen LogP contribution in [0, 0.1) is 0 Å². The molecule has 0 saturated heterocycles. The number of sulfonamides is 1. The maximum Gasteiger partial charge on any atom is 0.240 e. The molecule has 6 heteroatoms. The molecule has 1 aliphatic rings. The first-order chi connectivity index (χ1) is 8.86. The Bertz CT molecular complexity index is 534. The SMILES string of the molecule is CN(C)C1(CNS(=O)(=O)c2ccc(N)cc2)CCC1. The number of benzene rings is 1. The van der Waals surface area contributed by atoms with Crippen molar-refractivity contribution in [3.8, 4) is 0 Å². The predicted molar refractivity (Wildman–Crippen MR) is 76.3 cm³/mol. The van der Waals surface area contributed by atoms with Crippen molar-refractivity contribution in [1.82, 2.24) is 9.62 Å². The molecule has 0 bridgehead atoms. The Hall–Kier alpha value is -1.11. The molecule has 5 nitrogen and oxygen atoms in total. The van der Waals surface area contributed by atoms with Crippen LogP contribution in [0.1, 0.15) is 19.3 Å². The Balaban J connectivity index is 2.08. The largest absolute Gasteiger partial charge is 0.399 e. The van der Waals surface area contributed by atoms with E-state index in [0.717, 1.165) is 19.3 Å². The van der Waals surface area contributed by atoms with Gasteiger partial charge in [0, 0.05) is 17.8 Å². The third-order valence-corrected chi connectivity index (χ3v) is 5.43. The number of nitrogen functional groups attached to an aromatic ring is 1. The molecule has 0 atom stereocenters. The van der Waals surface area contributed by atoms with Crippen molar-refractivity contribution >= 4 is 15.7 Å². The summed E-state index contributed by atoms with van der Waals surface area (Å²) in [5.41, 5.74) is 6.09. The lowest BCUT2D eigenvalue weighted by Crippen LogP contribution is -2.57.